The van der Waals surface area contributed by atoms with Crippen LogP contribution in [0.4, 0.5) is 23.0 Å². The van der Waals surface area contributed by atoms with Gasteiger partial charge in [0.15, 0.2) is 21.3 Å². The number of imidazole rings is 1. The highest BCUT2D eigenvalue weighted by molar-refractivity contribution is 7.90. The quantitative estimate of drug-likeness (QED) is 0.341. The predicted molar refractivity (Wildman–Crippen MR) is 139 cm³/mol. The summed E-state index contributed by atoms with van der Waals surface area (Å²) < 4.78 is 38.9. The zero-order valence-electron chi connectivity index (χ0n) is 20.7. The molecule has 2 aliphatic rings. The van der Waals surface area contributed by atoms with Gasteiger partial charge >= 0.3 is 0 Å². The van der Waals surface area contributed by atoms with Crippen molar-refractivity contribution in [3.05, 3.63) is 47.4 Å². The maximum absolute atomic E-state index is 12.8. The molecule has 1 fully saturated rings. The number of nitrogens with zero attached hydrogens (tertiary/aromatic N) is 4. The summed E-state index contributed by atoms with van der Waals surface area (Å²) in [4.78, 5) is 12.6. The van der Waals surface area contributed by atoms with E-state index < -0.39 is 9.84 Å². The van der Waals surface area contributed by atoms with Crippen LogP contribution in [0.3, 0.4) is 0 Å². The van der Waals surface area contributed by atoms with Gasteiger partial charge in [0.05, 0.1) is 47.8 Å². The summed E-state index contributed by atoms with van der Waals surface area (Å²) >= 11 is 0. The van der Waals surface area contributed by atoms with Crippen LogP contribution in [0.1, 0.15) is 42.4 Å². The van der Waals surface area contributed by atoms with E-state index >= 15 is 0 Å². The van der Waals surface area contributed by atoms with Crippen molar-refractivity contribution in [3.63, 3.8) is 0 Å². The molecule has 0 amide bonds. The molecule has 3 aromatic heterocycles. The van der Waals surface area contributed by atoms with Crippen LogP contribution < -0.4 is 10.6 Å². The first-order valence-electron chi connectivity index (χ1n) is 12.3. The Bertz CT molecular complexity index is 1550. The second-order valence-electron chi connectivity index (χ2n) is 9.50. The number of rotatable bonds is 6. The zero-order chi connectivity index (χ0) is 25.6. The van der Waals surface area contributed by atoms with Crippen molar-refractivity contribution in [2.45, 2.75) is 50.3 Å². The highest BCUT2D eigenvalue weighted by Crippen LogP contribution is 2.35. The number of aromatic amines is 1. The third-order valence-corrected chi connectivity index (χ3v) is 7.75. The number of hydrogen-bond acceptors (Lipinski definition) is 9. The first-order valence-corrected chi connectivity index (χ1v) is 14.2. The molecule has 2 aliphatic heterocycles. The van der Waals surface area contributed by atoms with Gasteiger partial charge in [0.2, 0.25) is 0 Å². The Balaban J connectivity index is 1.37. The van der Waals surface area contributed by atoms with Crippen LogP contribution in [0.25, 0.3) is 11.2 Å². The Morgan fingerprint density at radius 2 is 1.95 bits per heavy atom. The number of hydrogen-bond donors (Lipinski definition) is 3. The molecule has 194 valence electrons. The molecule has 1 saturated heterocycles. The molecule has 3 N–H and O–H groups in total. The van der Waals surface area contributed by atoms with Crippen molar-refractivity contribution in [1.82, 2.24) is 24.7 Å². The standard InChI is InChI=1S/C25H29N7O4S/c1-15-26-24-19(13-22(30-25(24)27-15)29-23-12-17-14-35-10-8-32(17)31-23)28-18-7-6-16(11-21(18)37(2,33)34)20-5-3-4-9-36-20/h6-7,11-13,20H,3-5,8-10,14H2,1-2H3,(H3,26,27,28,29,30,31)/t20-/m0/s1. The average molecular weight is 524 g/mol. The number of aromatic nitrogens is 5. The first-order chi connectivity index (χ1) is 17.8. The lowest BCUT2D eigenvalue weighted by molar-refractivity contribution is 0.0148. The van der Waals surface area contributed by atoms with Crippen molar-refractivity contribution in [2.24, 2.45) is 0 Å². The zero-order valence-corrected chi connectivity index (χ0v) is 21.6. The van der Waals surface area contributed by atoms with Crippen molar-refractivity contribution >= 4 is 44.0 Å². The van der Waals surface area contributed by atoms with Gasteiger partial charge in [0, 0.05) is 25.0 Å². The molecular formula is C25H29N7O4S. The van der Waals surface area contributed by atoms with Gasteiger partial charge in [-0.2, -0.15) is 5.10 Å². The number of fused-ring (bicyclic) bond motifs is 2. The van der Waals surface area contributed by atoms with E-state index in [0.29, 0.717) is 66.4 Å². The van der Waals surface area contributed by atoms with Gasteiger partial charge in [0.1, 0.15) is 17.2 Å². The molecule has 6 rings (SSSR count). The van der Waals surface area contributed by atoms with E-state index in [1.165, 1.54) is 6.26 Å². The Morgan fingerprint density at radius 1 is 1.05 bits per heavy atom. The van der Waals surface area contributed by atoms with Crippen LogP contribution in [0.2, 0.25) is 0 Å². The lowest BCUT2D eigenvalue weighted by Gasteiger charge is -2.24. The molecule has 11 nitrogen and oxygen atoms in total. The van der Waals surface area contributed by atoms with Gasteiger partial charge in [0.25, 0.3) is 0 Å². The minimum Gasteiger partial charge on any atom is -0.374 e. The SMILES string of the molecule is Cc1nc2c(Nc3ccc([C@@H]4CCCCO4)cc3S(C)(=O)=O)cc(Nc3cc4n(n3)CCOC4)nc2[nH]1. The summed E-state index contributed by atoms with van der Waals surface area (Å²) in [6.07, 6.45) is 4.10. The number of sulfone groups is 1. The molecule has 1 atom stereocenters. The Kier molecular flexibility index (Phi) is 6.09. The van der Waals surface area contributed by atoms with Crippen LogP contribution in [-0.2, 0) is 32.5 Å². The lowest BCUT2D eigenvalue weighted by atomic mass is 10.0. The molecule has 5 heterocycles. The van der Waals surface area contributed by atoms with E-state index in [1.807, 2.05) is 29.8 Å². The van der Waals surface area contributed by atoms with Crippen molar-refractivity contribution in [1.29, 1.82) is 0 Å². The van der Waals surface area contributed by atoms with Crippen molar-refractivity contribution in [2.75, 3.05) is 30.1 Å². The van der Waals surface area contributed by atoms with E-state index in [9.17, 15) is 8.42 Å². The number of nitrogens with one attached hydrogen (secondary N) is 3. The molecule has 0 aliphatic carbocycles. The summed E-state index contributed by atoms with van der Waals surface area (Å²) in [5.41, 5.74) is 4.14. The molecule has 0 unspecified atom stereocenters. The summed E-state index contributed by atoms with van der Waals surface area (Å²) in [6, 6.07) is 9.19. The van der Waals surface area contributed by atoms with Gasteiger partial charge in [-0.05, 0) is 43.9 Å². The second kappa shape index (κ2) is 9.43. The number of H-pyrrole nitrogens is 1. The van der Waals surface area contributed by atoms with E-state index in [1.54, 1.807) is 12.1 Å². The topological polar surface area (TPSA) is 136 Å². The summed E-state index contributed by atoms with van der Waals surface area (Å²) in [5, 5.41) is 11.2. The fraction of sp³-hybridized carbons (Fsp3) is 0.400. The molecule has 1 aromatic carbocycles. The van der Waals surface area contributed by atoms with E-state index in [4.69, 9.17) is 9.47 Å². The maximum Gasteiger partial charge on any atom is 0.177 e. The third kappa shape index (κ3) is 4.91. The van der Waals surface area contributed by atoms with Crippen LogP contribution >= 0.6 is 0 Å². The van der Waals surface area contributed by atoms with Gasteiger partial charge in [-0.15, -0.1) is 0 Å². The number of ether oxygens (including phenoxy) is 2. The normalized spacial score (nSPS) is 18.1. The maximum atomic E-state index is 12.8. The summed E-state index contributed by atoms with van der Waals surface area (Å²) in [5.74, 6) is 1.90. The smallest absolute Gasteiger partial charge is 0.177 e. The average Bonchev–Trinajstić information content (AvgIpc) is 3.46. The van der Waals surface area contributed by atoms with Gasteiger partial charge in [-0.1, -0.05) is 6.07 Å². The molecule has 0 spiro atoms. The minimum absolute atomic E-state index is 0.0909. The van der Waals surface area contributed by atoms with Crippen LogP contribution in [0.5, 0.6) is 0 Å². The van der Waals surface area contributed by atoms with Crippen LogP contribution in [0.15, 0.2) is 35.2 Å². The number of benzene rings is 1. The Morgan fingerprint density at radius 3 is 2.73 bits per heavy atom. The fourth-order valence-electron chi connectivity index (χ4n) is 4.85. The lowest BCUT2D eigenvalue weighted by Crippen LogP contribution is -2.16. The highest BCUT2D eigenvalue weighted by Gasteiger charge is 2.22. The number of pyridine rings is 1. The summed E-state index contributed by atoms with van der Waals surface area (Å²) in [7, 11) is -3.53. The molecule has 0 bridgehead atoms. The molecule has 37 heavy (non-hydrogen) atoms. The minimum atomic E-state index is -3.53. The predicted octanol–water partition coefficient (Wildman–Crippen LogP) is 4.13. The molecular weight excluding hydrogens is 494 g/mol. The first kappa shape index (κ1) is 23.9. The van der Waals surface area contributed by atoms with E-state index in [0.717, 1.165) is 30.5 Å². The van der Waals surface area contributed by atoms with Crippen LogP contribution in [-0.4, -0.2) is 52.6 Å². The highest BCUT2D eigenvalue weighted by atomic mass is 32.2. The Hall–Kier alpha value is -3.48. The van der Waals surface area contributed by atoms with E-state index in [2.05, 4.69) is 30.7 Å². The number of anilines is 4. The Labute approximate surface area is 214 Å². The van der Waals surface area contributed by atoms with Gasteiger partial charge in [-0.3, -0.25) is 4.68 Å². The molecule has 12 heteroatoms. The second-order valence-corrected chi connectivity index (χ2v) is 11.5. The van der Waals surface area contributed by atoms with Crippen LogP contribution in [0, 0.1) is 6.92 Å². The monoisotopic (exact) mass is 523 g/mol. The third-order valence-electron chi connectivity index (χ3n) is 6.61. The summed E-state index contributed by atoms with van der Waals surface area (Å²) in [6.45, 7) is 4.39. The fourth-order valence-corrected chi connectivity index (χ4v) is 5.72. The molecule has 4 aromatic rings. The largest absolute Gasteiger partial charge is 0.374 e. The van der Waals surface area contributed by atoms with Crippen molar-refractivity contribution < 1.29 is 17.9 Å². The van der Waals surface area contributed by atoms with Gasteiger partial charge in [-0.25, -0.2) is 18.4 Å². The van der Waals surface area contributed by atoms with Gasteiger partial charge < -0.3 is 25.1 Å². The molecule has 0 saturated carbocycles. The van der Waals surface area contributed by atoms with Crippen molar-refractivity contribution in [3.8, 4) is 0 Å². The number of aryl methyl sites for hydroxylation is 1. The molecule has 0 radical (unpaired) electrons. The van der Waals surface area contributed by atoms with E-state index in [-0.39, 0.29) is 11.0 Å².